The van der Waals surface area contributed by atoms with E-state index in [0.717, 1.165) is 11.1 Å². The molecule has 0 spiro atoms. The summed E-state index contributed by atoms with van der Waals surface area (Å²) in [6.07, 6.45) is 0.528. The predicted octanol–water partition coefficient (Wildman–Crippen LogP) is 3.84. The Morgan fingerprint density at radius 1 is 1.00 bits per heavy atom. The lowest BCUT2D eigenvalue weighted by Gasteiger charge is -2.12. The highest BCUT2D eigenvalue weighted by molar-refractivity contribution is 5.76. The Morgan fingerprint density at radius 2 is 1.41 bits per heavy atom. The van der Waals surface area contributed by atoms with Gasteiger partial charge in [-0.05, 0) is 38.3 Å². The summed E-state index contributed by atoms with van der Waals surface area (Å²) in [5.41, 5.74) is 7.25. The van der Waals surface area contributed by atoms with Gasteiger partial charge in [0.2, 0.25) is 0 Å². The number of carboxylic acids is 1. The molecule has 0 unspecified atom stereocenters. The maximum Gasteiger partial charge on any atom is 0.311 e. The van der Waals surface area contributed by atoms with Crippen molar-refractivity contribution in [2.24, 2.45) is 5.73 Å². The normalized spacial score (nSPS) is 12.0. The smallest absolute Gasteiger partial charge is 0.311 e. The minimum atomic E-state index is -0.778. The summed E-state index contributed by atoms with van der Waals surface area (Å²) in [7, 11) is 0. The van der Waals surface area contributed by atoms with Crippen molar-refractivity contribution in [2.45, 2.75) is 38.6 Å². The Bertz CT molecular complexity index is 553. The molecule has 22 heavy (non-hydrogen) atoms. The summed E-state index contributed by atoms with van der Waals surface area (Å²) in [5, 5.41) is 9.29. The summed E-state index contributed by atoms with van der Waals surface area (Å²) < 4.78 is 0. The molecule has 0 radical (unpaired) electrons. The van der Waals surface area contributed by atoms with Crippen LogP contribution in [0.5, 0.6) is 0 Å². The van der Waals surface area contributed by atoms with Crippen LogP contribution in [0.2, 0.25) is 0 Å². The first-order chi connectivity index (χ1) is 10.3. The van der Waals surface area contributed by atoms with Crippen LogP contribution in [0.25, 0.3) is 0 Å². The molecule has 0 aromatic heterocycles. The van der Waals surface area contributed by atoms with Gasteiger partial charge >= 0.3 is 5.97 Å². The molecule has 0 saturated carbocycles. The zero-order valence-corrected chi connectivity index (χ0v) is 13.5. The summed E-state index contributed by atoms with van der Waals surface area (Å²) in [5.74, 6) is -1.25. The second-order valence-corrected chi connectivity index (χ2v) is 6.36. The van der Waals surface area contributed by atoms with Gasteiger partial charge in [-0.1, -0.05) is 60.7 Å². The van der Waals surface area contributed by atoms with E-state index in [2.05, 4.69) is 0 Å². The third-order valence-corrected chi connectivity index (χ3v) is 2.78. The van der Waals surface area contributed by atoms with Crippen LogP contribution in [0, 0.1) is 0 Å². The number of rotatable bonds is 4. The van der Waals surface area contributed by atoms with Gasteiger partial charge in [0, 0.05) is 5.54 Å². The quantitative estimate of drug-likeness (QED) is 0.901. The van der Waals surface area contributed by atoms with Gasteiger partial charge in [0.1, 0.15) is 0 Å². The second-order valence-electron chi connectivity index (χ2n) is 6.36. The van der Waals surface area contributed by atoms with Crippen molar-refractivity contribution in [1.82, 2.24) is 0 Å². The van der Waals surface area contributed by atoms with Crippen molar-refractivity contribution in [3.63, 3.8) is 0 Å². The van der Waals surface area contributed by atoms with Crippen LogP contribution in [0.1, 0.15) is 37.8 Å². The highest BCUT2D eigenvalue weighted by atomic mass is 16.4. The minimum absolute atomic E-state index is 0. The fourth-order valence-corrected chi connectivity index (χ4v) is 1.88. The van der Waals surface area contributed by atoms with Gasteiger partial charge in [-0.2, -0.15) is 0 Å². The van der Waals surface area contributed by atoms with Gasteiger partial charge in [0.05, 0.1) is 5.92 Å². The minimum Gasteiger partial charge on any atom is -0.481 e. The summed E-state index contributed by atoms with van der Waals surface area (Å²) in [4.78, 5) is 11.3. The van der Waals surface area contributed by atoms with E-state index in [1.54, 1.807) is 0 Å². The number of benzene rings is 2. The van der Waals surface area contributed by atoms with Crippen molar-refractivity contribution >= 4 is 5.97 Å². The fourth-order valence-electron chi connectivity index (χ4n) is 1.88. The number of carboxylic acid groups (broad SMARTS) is 1. The molecule has 2 rings (SSSR count). The molecule has 0 aliphatic carbocycles. The van der Waals surface area contributed by atoms with Crippen LogP contribution in [0.3, 0.4) is 0 Å². The molecule has 0 saturated heterocycles. The zero-order valence-electron chi connectivity index (χ0n) is 13.5. The molecule has 3 N–H and O–H groups in total. The van der Waals surface area contributed by atoms with Crippen molar-refractivity contribution < 1.29 is 9.90 Å². The Hall–Kier alpha value is -2.13. The first-order valence-electron chi connectivity index (χ1n) is 7.38. The topological polar surface area (TPSA) is 63.3 Å². The monoisotopic (exact) mass is 299 g/mol. The number of nitrogens with two attached hydrogens (primary N) is 1. The van der Waals surface area contributed by atoms with Crippen molar-refractivity contribution in [2.75, 3.05) is 0 Å². The lowest BCUT2D eigenvalue weighted by atomic mass is 9.92. The molecule has 3 nitrogen and oxygen atoms in total. The fraction of sp³-hybridized carbons (Fsp3) is 0.316. The third kappa shape index (κ3) is 7.60. The van der Waals surface area contributed by atoms with Crippen LogP contribution in [-0.4, -0.2) is 16.6 Å². The van der Waals surface area contributed by atoms with Gasteiger partial charge in [0.25, 0.3) is 0 Å². The molecule has 0 aliphatic rings. The molecule has 0 fully saturated rings. The van der Waals surface area contributed by atoms with Gasteiger partial charge in [-0.15, -0.1) is 0 Å². The van der Waals surface area contributed by atoms with Crippen LogP contribution in [-0.2, 0) is 11.2 Å². The van der Waals surface area contributed by atoms with E-state index in [4.69, 9.17) is 5.73 Å². The average molecular weight is 299 g/mol. The molecule has 1 atom stereocenters. The Balaban J connectivity index is 0.000000422. The summed E-state index contributed by atoms with van der Waals surface area (Å²) >= 11 is 0. The molecule has 3 heteroatoms. The van der Waals surface area contributed by atoms with E-state index in [-0.39, 0.29) is 5.54 Å². The highest BCUT2D eigenvalue weighted by Gasteiger charge is 2.19. The molecule has 2 aromatic rings. The maximum absolute atomic E-state index is 11.3. The molecule has 0 amide bonds. The predicted molar refractivity (Wildman–Crippen MR) is 90.9 cm³/mol. The van der Waals surface area contributed by atoms with E-state index < -0.39 is 11.9 Å². The van der Waals surface area contributed by atoms with Crippen molar-refractivity contribution in [3.8, 4) is 0 Å². The van der Waals surface area contributed by atoms with Gasteiger partial charge < -0.3 is 10.8 Å². The average Bonchev–Trinajstić information content (AvgIpc) is 2.45. The molecule has 0 aliphatic heterocycles. The molecule has 0 bridgehead atoms. The van der Waals surface area contributed by atoms with E-state index in [1.165, 1.54) is 0 Å². The zero-order chi connectivity index (χ0) is 16.6. The van der Waals surface area contributed by atoms with Crippen molar-refractivity contribution in [3.05, 3.63) is 71.8 Å². The Labute approximate surface area is 132 Å². The van der Waals surface area contributed by atoms with Crippen molar-refractivity contribution in [1.29, 1.82) is 0 Å². The molecular formula is C19H25NO2. The largest absolute Gasteiger partial charge is 0.481 e. The third-order valence-electron chi connectivity index (χ3n) is 2.78. The van der Waals surface area contributed by atoms with Crippen LogP contribution in [0.4, 0.5) is 0 Å². The second kappa shape index (κ2) is 8.35. The lowest BCUT2D eigenvalue weighted by Crippen LogP contribution is -2.26. The molecule has 2 aromatic carbocycles. The van der Waals surface area contributed by atoms with Gasteiger partial charge in [-0.3, -0.25) is 4.79 Å². The molecule has 0 heterocycles. The Kier molecular flexibility index (Phi) is 6.80. The van der Waals surface area contributed by atoms with Crippen LogP contribution >= 0.6 is 0 Å². The highest BCUT2D eigenvalue weighted by Crippen LogP contribution is 2.20. The number of hydrogen-bond acceptors (Lipinski definition) is 2. The summed E-state index contributed by atoms with van der Waals surface area (Å²) in [6, 6.07) is 19.1. The van der Waals surface area contributed by atoms with Gasteiger partial charge in [-0.25, -0.2) is 0 Å². The molecular weight excluding hydrogens is 274 g/mol. The van der Waals surface area contributed by atoms with E-state index in [9.17, 15) is 9.90 Å². The maximum atomic E-state index is 11.3. The SMILES string of the molecule is CC(C)(C)N.O=C(O)[C@@H](Cc1ccccc1)c1ccccc1. The Morgan fingerprint density at radius 3 is 1.82 bits per heavy atom. The molecule has 118 valence electrons. The van der Waals surface area contributed by atoms with E-state index in [1.807, 2.05) is 81.4 Å². The number of aliphatic carboxylic acids is 1. The van der Waals surface area contributed by atoms with Gasteiger partial charge in [0.15, 0.2) is 0 Å². The van der Waals surface area contributed by atoms with E-state index >= 15 is 0 Å². The van der Waals surface area contributed by atoms with Crippen LogP contribution < -0.4 is 5.73 Å². The first-order valence-corrected chi connectivity index (χ1v) is 7.38. The lowest BCUT2D eigenvalue weighted by molar-refractivity contribution is -0.138. The number of hydrogen-bond donors (Lipinski definition) is 2. The first kappa shape index (κ1) is 17.9. The number of carbonyl (C=O) groups is 1. The standard InChI is InChI=1S/C15H14O2.C4H11N/c16-15(17)14(13-9-5-2-6-10-13)11-12-7-3-1-4-8-12;1-4(2,3)5/h1-10,14H,11H2,(H,16,17);5H2,1-3H3/t14-;/m0./s1. The van der Waals surface area contributed by atoms with E-state index in [0.29, 0.717) is 6.42 Å². The van der Waals surface area contributed by atoms with Crippen LogP contribution in [0.15, 0.2) is 60.7 Å². The summed E-state index contributed by atoms with van der Waals surface area (Å²) in [6.45, 7) is 5.90.